The Balaban J connectivity index is 2.39. The molecule has 2 rings (SSSR count). The maximum absolute atomic E-state index is 4.48. The summed E-state index contributed by atoms with van der Waals surface area (Å²) in [5.74, 6) is 0. The van der Waals surface area contributed by atoms with E-state index in [9.17, 15) is 0 Å². The van der Waals surface area contributed by atoms with E-state index < -0.39 is 0 Å². The molecule has 0 bridgehead atoms. The van der Waals surface area contributed by atoms with Gasteiger partial charge in [0, 0.05) is 17.2 Å². The van der Waals surface area contributed by atoms with Crippen molar-refractivity contribution in [2.24, 2.45) is 0 Å². The molecule has 0 spiro atoms. The molecule has 1 atom stereocenters. The van der Waals surface area contributed by atoms with E-state index in [4.69, 9.17) is 0 Å². The van der Waals surface area contributed by atoms with Gasteiger partial charge in [0.15, 0.2) is 0 Å². The number of rotatable bonds is 7. The van der Waals surface area contributed by atoms with Crippen LogP contribution in [-0.2, 0) is 6.54 Å². The van der Waals surface area contributed by atoms with E-state index in [2.05, 4.69) is 76.1 Å². The predicted molar refractivity (Wildman–Crippen MR) is 91.5 cm³/mol. The first-order chi connectivity index (χ1) is 10.2. The molecule has 0 radical (unpaired) electrons. The highest BCUT2D eigenvalue weighted by atomic mass is 79.9. The minimum absolute atomic E-state index is 0.201. The fraction of sp³-hybridized carbons (Fsp3) is 0.471. The van der Waals surface area contributed by atoms with Gasteiger partial charge in [0.25, 0.3) is 0 Å². The fourth-order valence-electron chi connectivity index (χ4n) is 2.61. The maximum atomic E-state index is 4.48. The zero-order valence-electron chi connectivity index (χ0n) is 13.1. The van der Waals surface area contributed by atoms with Gasteiger partial charge in [-0.25, -0.2) is 0 Å². The molecule has 4 heteroatoms. The Morgan fingerprint density at radius 3 is 2.71 bits per heavy atom. The van der Waals surface area contributed by atoms with Crippen LogP contribution in [0.2, 0.25) is 0 Å². The highest BCUT2D eigenvalue weighted by Gasteiger charge is 2.19. The van der Waals surface area contributed by atoms with Crippen molar-refractivity contribution in [2.75, 3.05) is 6.54 Å². The van der Waals surface area contributed by atoms with Gasteiger partial charge in [0.2, 0.25) is 0 Å². The Hall–Kier alpha value is -1.13. The van der Waals surface area contributed by atoms with Crippen molar-refractivity contribution in [1.29, 1.82) is 0 Å². The first-order valence-electron chi connectivity index (χ1n) is 7.68. The summed E-state index contributed by atoms with van der Waals surface area (Å²) in [6.07, 6.45) is 4.11. The molecule has 0 aliphatic heterocycles. The van der Waals surface area contributed by atoms with Crippen LogP contribution < -0.4 is 5.32 Å². The fourth-order valence-corrected chi connectivity index (χ4v) is 3.09. The van der Waals surface area contributed by atoms with E-state index in [-0.39, 0.29) is 6.04 Å². The van der Waals surface area contributed by atoms with Crippen molar-refractivity contribution < 1.29 is 0 Å². The molecule has 0 saturated heterocycles. The molecule has 0 aliphatic carbocycles. The number of nitrogens with one attached hydrogen (secondary N) is 1. The largest absolute Gasteiger partial charge is 0.305 e. The average molecular weight is 350 g/mol. The van der Waals surface area contributed by atoms with Crippen molar-refractivity contribution in [3.05, 3.63) is 51.8 Å². The Morgan fingerprint density at radius 1 is 1.24 bits per heavy atom. The molecule has 0 amide bonds. The van der Waals surface area contributed by atoms with Gasteiger partial charge in [-0.05, 0) is 55.6 Å². The maximum Gasteiger partial charge on any atom is 0.0750 e. The van der Waals surface area contributed by atoms with E-state index in [1.54, 1.807) is 0 Å². The Bertz CT molecular complexity index is 577. The van der Waals surface area contributed by atoms with Crippen LogP contribution in [0.5, 0.6) is 0 Å². The van der Waals surface area contributed by atoms with E-state index in [0.717, 1.165) is 30.4 Å². The number of benzene rings is 1. The lowest BCUT2D eigenvalue weighted by Gasteiger charge is -2.22. The second-order valence-corrected chi connectivity index (χ2v) is 6.28. The molecule has 0 aliphatic rings. The minimum Gasteiger partial charge on any atom is -0.305 e. The second-order valence-electron chi connectivity index (χ2n) is 5.37. The Kier molecular flexibility index (Phi) is 6.00. The quantitative estimate of drug-likeness (QED) is 0.799. The lowest BCUT2D eigenvalue weighted by atomic mass is 9.98. The van der Waals surface area contributed by atoms with Gasteiger partial charge in [0.1, 0.15) is 0 Å². The van der Waals surface area contributed by atoms with Gasteiger partial charge in [-0.2, -0.15) is 5.10 Å². The van der Waals surface area contributed by atoms with Crippen LogP contribution >= 0.6 is 15.9 Å². The normalized spacial score (nSPS) is 12.6. The number of hydrogen-bond acceptors (Lipinski definition) is 2. The topological polar surface area (TPSA) is 29.9 Å². The highest BCUT2D eigenvalue weighted by Crippen LogP contribution is 2.27. The molecule has 1 aromatic heterocycles. The molecule has 0 fully saturated rings. The monoisotopic (exact) mass is 349 g/mol. The number of aryl methyl sites for hydroxylation is 2. The summed E-state index contributed by atoms with van der Waals surface area (Å²) in [4.78, 5) is 0. The van der Waals surface area contributed by atoms with Crippen LogP contribution in [0.1, 0.15) is 49.6 Å². The van der Waals surface area contributed by atoms with Gasteiger partial charge in [-0.3, -0.25) is 4.68 Å². The van der Waals surface area contributed by atoms with Crippen molar-refractivity contribution in [2.45, 2.75) is 46.2 Å². The molecular weight excluding hydrogens is 326 g/mol. The van der Waals surface area contributed by atoms with Crippen molar-refractivity contribution in [3.63, 3.8) is 0 Å². The second kappa shape index (κ2) is 7.76. The van der Waals surface area contributed by atoms with Crippen molar-refractivity contribution in [1.82, 2.24) is 15.1 Å². The van der Waals surface area contributed by atoms with Crippen LogP contribution in [0.25, 0.3) is 0 Å². The van der Waals surface area contributed by atoms with Crippen LogP contribution in [0, 0.1) is 6.92 Å². The summed E-state index contributed by atoms with van der Waals surface area (Å²) in [6.45, 7) is 8.51. The van der Waals surface area contributed by atoms with Gasteiger partial charge < -0.3 is 5.32 Å². The third-order valence-electron chi connectivity index (χ3n) is 3.62. The summed E-state index contributed by atoms with van der Waals surface area (Å²) in [5.41, 5.74) is 3.86. The number of hydrogen-bond donors (Lipinski definition) is 1. The predicted octanol–water partition coefficient (Wildman–Crippen LogP) is 4.45. The zero-order chi connectivity index (χ0) is 15.2. The van der Waals surface area contributed by atoms with Gasteiger partial charge in [0.05, 0.1) is 11.7 Å². The van der Waals surface area contributed by atoms with Gasteiger partial charge in [-0.1, -0.05) is 35.8 Å². The van der Waals surface area contributed by atoms with Crippen molar-refractivity contribution in [3.8, 4) is 0 Å². The van der Waals surface area contributed by atoms with Crippen LogP contribution in [0.15, 0.2) is 34.9 Å². The lowest BCUT2D eigenvalue weighted by Crippen LogP contribution is -2.26. The molecule has 2 aromatic rings. The minimum atomic E-state index is 0.201. The Morgan fingerprint density at radius 2 is 2.05 bits per heavy atom. The third kappa shape index (κ3) is 3.95. The van der Waals surface area contributed by atoms with Crippen molar-refractivity contribution >= 4 is 15.9 Å². The average Bonchev–Trinajstić information content (AvgIpc) is 2.90. The molecule has 114 valence electrons. The Labute approximate surface area is 135 Å². The molecule has 21 heavy (non-hydrogen) atoms. The summed E-state index contributed by atoms with van der Waals surface area (Å²) < 4.78 is 3.24. The van der Waals surface area contributed by atoms with E-state index in [1.165, 1.54) is 16.8 Å². The van der Waals surface area contributed by atoms with Crippen LogP contribution in [-0.4, -0.2) is 16.3 Å². The first-order valence-corrected chi connectivity index (χ1v) is 8.47. The number of nitrogens with zero attached hydrogens (tertiary/aromatic N) is 2. The molecule has 1 N–H and O–H groups in total. The number of aromatic nitrogens is 2. The summed E-state index contributed by atoms with van der Waals surface area (Å²) in [5, 5.41) is 8.15. The molecular formula is C17H24BrN3. The van der Waals surface area contributed by atoms with Crippen LogP contribution in [0.4, 0.5) is 0 Å². The first kappa shape index (κ1) is 16.2. The smallest absolute Gasteiger partial charge is 0.0750 e. The zero-order valence-corrected chi connectivity index (χ0v) is 14.7. The summed E-state index contributed by atoms with van der Waals surface area (Å²) in [6, 6.07) is 8.83. The third-order valence-corrected chi connectivity index (χ3v) is 4.12. The van der Waals surface area contributed by atoms with Gasteiger partial charge in [-0.15, -0.1) is 0 Å². The molecule has 1 unspecified atom stereocenters. The molecule has 1 aromatic carbocycles. The van der Waals surface area contributed by atoms with E-state index >= 15 is 0 Å². The molecule has 3 nitrogen and oxygen atoms in total. The lowest BCUT2D eigenvalue weighted by molar-refractivity contribution is 0.510. The SMILES string of the molecule is CCCNC(c1ccc(Br)cc1C)c1ccnn1CCC. The van der Waals surface area contributed by atoms with Crippen LogP contribution in [0.3, 0.4) is 0 Å². The van der Waals surface area contributed by atoms with E-state index in [1.807, 2.05) is 6.20 Å². The summed E-state index contributed by atoms with van der Waals surface area (Å²) >= 11 is 3.55. The summed E-state index contributed by atoms with van der Waals surface area (Å²) in [7, 11) is 0. The number of halogens is 1. The van der Waals surface area contributed by atoms with E-state index in [0.29, 0.717) is 0 Å². The molecule has 1 heterocycles. The standard InChI is InChI=1S/C17H24BrN3/c1-4-9-19-17(15-7-6-14(18)12-13(15)3)16-8-10-20-21(16)11-5-2/h6-8,10,12,17,19H,4-5,9,11H2,1-3H3. The molecule has 0 saturated carbocycles. The van der Waals surface area contributed by atoms with Gasteiger partial charge >= 0.3 is 0 Å². The highest BCUT2D eigenvalue weighted by molar-refractivity contribution is 9.10.